The van der Waals surface area contributed by atoms with Crippen molar-refractivity contribution in [2.45, 2.75) is 46.5 Å². The number of aryl methyl sites for hydroxylation is 1. The van der Waals surface area contributed by atoms with E-state index in [1.807, 2.05) is 42.5 Å². The minimum absolute atomic E-state index is 0.129. The fraction of sp³-hybridized carbons (Fsp3) is 0.273. The molecule has 0 unspecified atom stereocenters. The van der Waals surface area contributed by atoms with Crippen molar-refractivity contribution in [3.8, 4) is 11.5 Å². The Balaban J connectivity index is 0.000000199. The van der Waals surface area contributed by atoms with Crippen LogP contribution in [0.1, 0.15) is 71.0 Å². The fourth-order valence-electron chi connectivity index (χ4n) is 4.90. The molecule has 5 aromatic rings. The molecule has 10 heteroatoms. The molecule has 0 aliphatic heterocycles. The highest BCUT2D eigenvalue weighted by Gasteiger charge is 2.24. The quantitative estimate of drug-likeness (QED) is 0.123. The number of benzene rings is 3. The number of aromatic hydroxyl groups is 2. The molecule has 0 saturated carbocycles. The van der Waals surface area contributed by atoms with Crippen LogP contribution < -0.4 is 11.5 Å². The summed E-state index contributed by atoms with van der Waals surface area (Å²) in [5.41, 5.74) is 15.8. The summed E-state index contributed by atoms with van der Waals surface area (Å²) in [4.78, 5) is 24.4. The summed E-state index contributed by atoms with van der Waals surface area (Å²) in [6, 6.07) is 17.0. The first-order valence-electron chi connectivity index (χ1n) is 14.1. The van der Waals surface area contributed by atoms with Gasteiger partial charge in [0.25, 0.3) is 0 Å². The average Bonchev–Trinajstić information content (AvgIpc) is 3.53. The second kappa shape index (κ2) is 14.3. The van der Waals surface area contributed by atoms with E-state index in [9.17, 15) is 19.8 Å². The Labute approximate surface area is 258 Å². The number of anilines is 2. The SMILES string of the molecule is CCCCc1ccc(O)c2sc(N)c(C(=O)OCC)c12.CCOC(=O)c1c(N)sc2c(O)ccc(Cc3ccccc3)c12. The monoisotopic (exact) mass is 620 g/mol. The van der Waals surface area contributed by atoms with Crippen LogP contribution in [0.5, 0.6) is 11.5 Å². The smallest absolute Gasteiger partial charge is 0.341 e. The van der Waals surface area contributed by atoms with Gasteiger partial charge < -0.3 is 31.2 Å². The Morgan fingerprint density at radius 2 is 1.21 bits per heavy atom. The van der Waals surface area contributed by atoms with Gasteiger partial charge in [0.05, 0.1) is 22.6 Å². The van der Waals surface area contributed by atoms with E-state index in [1.54, 1.807) is 26.0 Å². The second-order valence-electron chi connectivity index (χ2n) is 9.79. The van der Waals surface area contributed by atoms with E-state index in [4.69, 9.17) is 20.9 Å². The number of hydrogen-bond acceptors (Lipinski definition) is 10. The predicted octanol–water partition coefficient (Wildman–Crippen LogP) is 7.67. The van der Waals surface area contributed by atoms with Crippen LogP contribution in [0.4, 0.5) is 10.0 Å². The van der Waals surface area contributed by atoms with E-state index in [0.29, 0.717) is 48.9 Å². The van der Waals surface area contributed by atoms with E-state index in [1.165, 1.54) is 22.7 Å². The third kappa shape index (κ3) is 6.87. The Morgan fingerprint density at radius 3 is 1.70 bits per heavy atom. The van der Waals surface area contributed by atoms with E-state index in [0.717, 1.165) is 41.3 Å². The number of ether oxygens (including phenoxy) is 2. The van der Waals surface area contributed by atoms with Crippen LogP contribution in [0, 0.1) is 0 Å². The topological polar surface area (TPSA) is 145 Å². The van der Waals surface area contributed by atoms with Crippen LogP contribution in [-0.2, 0) is 22.3 Å². The number of nitrogen functional groups attached to an aromatic ring is 2. The number of phenolic OH excluding ortho intramolecular Hbond substituents is 2. The summed E-state index contributed by atoms with van der Waals surface area (Å²) in [5, 5.41) is 22.3. The molecule has 0 fully saturated rings. The number of phenols is 2. The molecule has 0 spiro atoms. The Kier molecular flexibility index (Phi) is 10.5. The van der Waals surface area contributed by atoms with E-state index < -0.39 is 11.9 Å². The molecule has 3 aromatic carbocycles. The number of unbranched alkanes of at least 4 members (excludes halogenated alkanes) is 1. The van der Waals surface area contributed by atoms with Crippen molar-refractivity contribution in [1.82, 2.24) is 0 Å². The lowest BCUT2D eigenvalue weighted by atomic mass is 9.99. The number of carbonyl (C=O) groups is 2. The lowest BCUT2D eigenvalue weighted by molar-refractivity contribution is 0.0520. The zero-order valence-electron chi connectivity index (χ0n) is 24.4. The molecule has 0 amide bonds. The number of esters is 2. The summed E-state index contributed by atoms with van der Waals surface area (Å²) in [6.45, 7) is 6.22. The van der Waals surface area contributed by atoms with Gasteiger partial charge in [-0.15, -0.1) is 22.7 Å². The largest absolute Gasteiger partial charge is 0.506 e. The molecule has 0 aliphatic rings. The number of hydrogen-bond donors (Lipinski definition) is 4. The van der Waals surface area contributed by atoms with Gasteiger partial charge in [-0.2, -0.15) is 0 Å². The molecule has 0 bridgehead atoms. The standard InChI is InChI=1S/C18H17NO3S.C15H19NO3S/c1-2-22-18(21)15-14-12(10-11-6-4-3-5-7-11)8-9-13(20)16(14)23-17(15)19;1-3-5-6-9-7-8-10(17)13-11(9)12(14(16)20-13)15(18)19-4-2/h3-9,20H,2,10,19H2,1H3;7-8,17H,3-6,16H2,1-2H3. The Bertz CT molecular complexity index is 1740. The molecular formula is C33H36N2O6S2. The number of rotatable bonds is 9. The lowest BCUT2D eigenvalue weighted by Crippen LogP contribution is -2.07. The van der Waals surface area contributed by atoms with Gasteiger partial charge in [0.1, 0.15) is 32.6 Å². The molecule has 0 atom stereocenters. The summed E-state index contributed by atoms with van der Waals surface area (Å²) in [7, 11) is 0. The zero-order chi connectivity index (χ0) is 31.1. The molecule has 0 radical (unpaired) electrons. The first-order valence-corrected chi connectivity index (χ1v) is 15.8. The Hall–Kier alpha value is -4.28. The predicted molar refractivity (Wildman–Crippen MR) is 176 cm³/mol. The van der Waals surface area contributed by atoms with Gasteiger partial charge in [0.2, 0.25) is 0 Å². The third-order valence-electron chi connectivity index (χ3n) is 6.86. The van der Waals surface area contributed by atoms with Gasteiger partial charge in [-0.1, -0.05) is 55.8 Å². The molecule has 6 N–H and O–H groups in total. The van der Waals surface area contributed by atoms with Crippen molar-refractivity contribution in [3.63, 3.8) is 0 Å². The minimum atomic E-state index is -0.448. The van der Waals surface area contributed by atoms with Gasteiger partial charge >= 0.3 is 11.9 Å². The third-order valence-corrected chi connectivity index (χ3v) is 8.94. The normalized spacial score (nSPS) is 10.9. The van der Waals surface area contributed by atoms with E-state index in [-0.39, 0.29) is 18.1 Å². The lowest BCUT2D eigenvalue weighted by Gasteiger charge is -2.08. The summed E-state index contributed by atoms with van der Waals surface area (Å²) in [6.07, 6.45) is 3.60. The molecule has 2 aromatic heterocycles. The molecule has 43 heavy (non-hydrogen) atoms. The maximum absolute atomic E-state index is 12.3. The van der Waals surface area contributed by atoms with Gasteiger partial charge in [-0.3, -0.25) is 0 Å². The van der Waals surface area contributed by atoms with Crippen LogP contribution in [0.25, 0.3) is 20.2 Å². The number of fused-ring (bicyclic) bond motifs is 2. The van der Waals surface area contributed by atoms with E-state index >= 15 is 0 Å². The molecular weight excluding hydrogens is 585 g/mol. The van der Waals surface area contributed by atoms with Crippen LogP contribution >= 0.6 is 22.7 Å². The maximum atomic E-state index is 12.3. The Morgan fingerprint density at radius 1 is 0.721 bits per heavy atom. The summed E-state index contributed by atoms with van der Waals surface area (Å²) < 4.78 is 11.5. The first-order chi connectivity index (χ1) is 20.7. The van der Waals surface area contributed by atoms with Crippen molar-refractivity contribution in [3.05, 3.63) is 82.4 Å². The van der Waals surface area contributed by atoms with Crippen molar-refractivity contribution < 1.29 is 29.3 Å². The molecule has 2 heterocycles. The van der Waals surface area contributed by atoms with Crippen molar-refractivity contribution >= 4 is 64.8 Å². The molecule has 0 saturated heterocycles. The fourth-order valence-corrected chi connectivity index (χ4v) is 6.93. The maximum Gasteiger partial charge on any atom is 0.341 e. The number of nitrogens with two attached hydrogens (primary N) is 2. The highest BCUT2D eigenvalue weighted by Crippen LogP contribution is 2.43. The highest BCUT2D eigenvalue weighted by atomic mass is 32.1. The van der Waals surface area contributed by atoms with Crippen LogP contribution in [0.3, 0.4) is 0 Å². The zero-order valence-corrected chi connectivity index (χ0v) is 26.1. The number of thiophene rings is 2. The van der Waals surface area contributed by atoms with Crippen LogP contribution in [0.15, 0.2) is 54.6 Å². The molecule has 8 nitrogen and oxygen atoms in total. The summed E-state index contributed by atoms with van der Waals surface area (Å²) in [5.74, 6) is -0.577. The molecule has 5 rings (SSSR count). The van der Waals surface area contributed by atoms with Crippen molar-refractivity contribution in [2.24, 2.45) is 0 Å². The average molecular weight is 621 g/mol. The highest BCUT2D eigenvalue weighted by molar-refractivity contribution is 7.24. The van der Waals surface area contributed by atoms with Crippen LogP contribution in [0.2, 0.25) is 0 Å². The van der Waals surface area contributed by atoms with Crippen molar-refractivity contribution in [2.75, 3.05) is 24.7 Å². The van der Waals surface area contributed by atoms with Gasteiger partial charge in [-0.25, -0.2) is 9.59 Å². The van der Waals surface area contributed by atoms with Gasteiger partial charge in [-0.05, 0) is 61.9 Å². The van der Waals surface area contributed by atoms with Gasteiger partial charge in [0, 0.05) is 10.8 Å². The van der Waals surface area contributed by atoms with Crippen LogP contribution in [-0.4, -0.2) is 35.4 Å². The minimum Gasteiger partial charge on any atom is -0.506 e. The van der Waals surface area contributed by atoms with E-state index in [2.05, 4.69) is 6.92 Å². The molecule has 0 aliphatic carbocycles. The first kappa shape index (κ1) is 31.7. The molecule has 226 valence electrons. The number of carbonyl (C=O) groups excluding carboxylic acids is 2. The summed E-state index contributed by atoms with van der Waals surface area (Å²) >= 11 is 2.45. The second-order valence-corrected chi connectivity index (χ2v) is 11.9. The van der Waals surface area contributed by atoms with Crippen molar-refractivity contribution in [1.29, 1.82) is 0 Å². The van der Waals surface area contributed by atoms with Gasteiger partial charge in [0.15, 0.2) is 0 Å².